The first-order chi connectivity index (χ1) is 10.2. The van der Waals surface area contributed by atoms with Gasteiger partial charge in [0.2, 0.25) is 0 Å². The first-order valence-electron chi connectivity index (χ1n) is 7.47. The topological polar surface area (TPSA) is 42.9 Å². The van der Waals surface area contributed by atoms with Gasteiger partial charge in [0.1, 0.15) is 0 Å². The maximum atomic E-state index is 12.3. The van der Waals surface area contributed by atoms with Crippen molar-refractivity contribution in [2.24, 2.45) is 0 Å². The Labute approximate surface area is 136 Å². The molecule has 1 atom stereocenters. The van der Waals surface area contributed by atoms with Crippen LogP contribution in [0.25, 0.3) is 0 Å². The Morgan fingerprint density at radius 3 is 2.48 bits per heavy atom. The lowest BCUT2D eigenvalue weighted by molar-refractivity contribution is 0.680. The minimum absolute atomic E-state index is 0.548. The number of hydrogen-bond donors (Lipinski definition) is 0. The van der Waals surface area contributed by atoms with Crippen molar-refractivity contribution in [3.8, 4) is 0 Å². The molecule has 2 aromatic rings. The fourth-order valence-corrected chi connectivity index (χ4v) is 5.71. The second-order valence-electron chi connectivity index (χ2n) is 5.47. The lowest BCUT2D eigenvalue weighted by Gasteiger charge is -2.02. The zero-order valence-electron chi connectivity index (χ0n) is 12.2. The molecule has 2 aromatic heterocycles. The summed E-state index contributed by atoms with van der Waals surface area (Å²) in [7, 11) is -0.910. The van der Waals surface area contributed by atoms with Gasteiger partial charge in [-0.2, -0.15) is 0 Å². The molecular formula is C15H20N2OS3. The number of aromatic nitrogens is 2. The molecule has 114 valence electrons. The Morgan fingerprint density at radius 1 is 1.14 bits per heavy atom. The van der Waals surface area contributed by atoms with Gasteiger partial charge in [0.15, 0.2) is 0 Å². The molecule has 3 rings (SSSR count). The standard InChI is InChI=1S/C15H20N2OS3/c1-2-14-16-12(7-19-14)9-21(18)10-13-8-20-15(17-13)11-5-3-4-6-11/h7-8,11H,2-6,9-10H2,1H3/t21-/m1/s1. The third kappa shape index (κ3) is 3.99. The van der Waals surface area contributed by atoms with E-state index in [0.29, 0.717) is 17.4 Å². The van der Waals surface area contributed by atoms with Gasteiger partial charge in [0.05, 0.1) is 32.9 Å². The number of rotatable bonds is 6. The minimum atomic E-state index is -0.910. The van der Waals surface area contributed by atoms with Gasteiger partial charge in [0.25, 0.3) is 0 Å². The van der Waals surface area contributed by atoms with Crippen LogP contribution < -0.4 is 0 Å². The first-order valence-corrected chi connectivity index (χ1v) is 10.7. The smallest absolute Gasteiger partial charge is 0.0959 e. The average Bonchev–Trinajstić information content (AvgIpc) is 3.19. The molecule has 1 aliphatic carbocycles. The molecular weight excluding hydrogens is 320 g/mol. The Morgan fingerprint density at radius 2 is 1.81 bits per heavy atom. The molecule has 0 bridgehead atoms. The van der Waals surface area contributed by atoms with E-state index in [4.69, 9.17) is 4.98 Å². The van der Waals surface area contributed by atoms with Crippen molar-refractivity contribution < 1.29 is 4.21 Å². The van der Waals surface area contributed by atoms with Gasteiger partial charge in [-0.25, -0.2) is 9.97 Å². The predicted molar refractivity (Wildman–Crippen MR) is 90.4 cm³/mol. The van der Waals surface area contributed by atoms with Gasteiger partial charge in [-0.1, -0.05) is 19.8 Å². The van der Waals surface area contributed by atoms with Gasteiger partial charge in [0, 0.05) is 27.5 Å². The van der Waals surface area contributed by atoms with Crippen LogP contribution in [-0.4, -0.2) is 14.2 Å². The summed E-state index contributed by atoms with van der Waals surface area (Å²) in [5.41, 5.74) is 1.95. The molecule has 1 aliphatic rings. The fraction of sp³-hybridized carbons (Fsp3) is 0.600. The largest absolute Gasteiger partial charge is 0.259 e. The Hall–Kier alpha value is -0.590. The summed E-state index contributed by atoms with van der Waals surface area (Å²) in [5.74, 6) is 1.76. The zero-order chi connectivity index (χ0) is 14.7. The van der Waals surface area contributed by atoms with Crippen LogP contribution in [0.3, 0.4) is 0 Å². The minimum Gasteiger partial charge on any atom is -0.259 e. The quantitative estimate of drug-likeness (QED) is 0.789. The predicted octanol–water partition coefficient (Wildman–Crippen LogP) is 4.27. The molecule has 1 saturated carbocycles. The molecule has 0 unspecified atom stereocenters. The van der Waals surface area contributed by atoms with Crippen LogP contribution in [0.2, 0.25) is 0 Å². The van der Waals surface area contributed by atoms with Crippen LogP contribution in [0.5, 0.6) is 0 Å². The van der Waals surface area contributed by atoms with Crippen molar-refractivity contribution >= 4 is 33.5 Å². The lowest BCUT2D eigenvalue weighted by atomic mass is 10.1. The van der Waals surface area contributed by atoms with Gasteiger partial charge < -0.3 is 0 Å². The Balaban J connectivity index is 1.57. The third-order valence-electron chi connectivity index (χ3n) is 3.79. The molecule has 6 heteroatoms. The Kier molecular flexibility index (Phi) is 5.19. The molecule has 0 N–H and O–H groups in total. The molecule has 0 saturated heterocycles. The maximum absolute atomic E-state index is 12.3. The van der Waals surface area contributed by atoms with E-state index in [-0.39, 0.29) is 0 Å². The van der Waals surface area contributed by atoms with E-state index in [1.807, 2.05) is 5.38 Å². The van der Waals surface area contributed by atoms with Crippen LogP contribution in [0.15, 0.2) is 10.8 Å². The van der Waals surface area contributed by atoms with Gasteiger partial charge in [-0.3, -0.25) is 4.21 Å². The number of hydrogen-bond acceptors (Lipinski definition) is 5. The maximum Gasteiger partial charge on any atom is 0.0959 e. The van der Waals surface area contributed by atoms with Gasteiger partial charge >= 0.3 is 0 Å². The summed E-state index contributed by atoms with van der Waals surface area (Å²) < 4.78 is 12.3. The summed E-state index contributed by atoms with van der Waals surface area (Å²) >= 11 is 3.40. The molecule has 0 amide bonds. The molecule has 1 fully saturated rings. The number of aryl methyl sites for hydroxylation is 1. The van der Waals surface area contributed by atoms with E-state index in [1.165, 1.54) is 30.7 Å². The normalized spacial score (nSPS) is 17.4. The summed E-state index contributed by atoms with van der Waals surface area (Å²) in [4.78, 5) is 9.19. The Bertz CT molecular complexity index is 614. The second kappa shape index (κ2) is 7.11. The van der Waals surface area contributed by atoms with E-state index in [1.54, 1.807) is 22.7 Å². The molecule has 0 aliphatic heterocycles. The van der Waals surface area contributed by atoms with Crippen LogP contribution >= 0.6 is 22.7 Å². The van der Waals surface area contributed by atoms with E-state index in [9.17, 15) is 4.21 Å². The van der Waals surface area contributed by atoms with E-state index in [2.05, 4.69) is 17.3 Å². The van der Waals surface area contributed by atoms with Crippen LogP contribution in [0, 0.1) is 0 Å². The van der Waals surface area contributed by atoms with Crippen molar-refractivity contribution in [2.75, 3.05) is 0 Å². The average molecular weight is 341 g/mol. The molecule has 2 heterocycles. The molecule has 0 radical (unpaired) electrons. The fourth-order valence-electron chi connectivity index (χ4n) is 2.71. The van der Waals surface area contributed by atoms with Crippen molar-refractivity contribution in [1.29, 1.82) is 0 Å². The van der Waals surface area contributed by atoms with E-state index < -0.39 is 10.8 Å². The van der Waals surface area contributed by atoms with Crippen molar-refractivity contribution in [1.82, 2.24) is 9.97 Å². The van der Waals surface area contributed by atoms with Crippen LogP contribution in [0.1, 0.15) is 59.9 Å². The SMILES string of the molecule is CCc1nc(C[S@@](=O)Cc2csc(C3CCCC3)n2)cs1. The third-order valence-corrected chi connectivity index (χ3v) is 7.13. The lowest BCUT2D eigenvalue weighted by Crippen LogP contribution is -2.01. The highest BCUT2D eigenvalue weighted by Gasteiger charge is 2.20. The zero-order valence-corrected chi connectivity index (χ0v) is 14.7. The van der Waals surface area contributed by atoms with Crippen molar-refractivity contribution in [3.63, 3.8) is 0 Å². The summed E-state index contributed by atoms with van der Waals surface area (Å²) in [5, 5.41) is 6.49. The monoisotopic (exact) mass is 340 g/mol. The van der Waals surface area contributed by atoms with Crippen LogP contribution in [-0.2, 0) is 28.7 Å². The van der Waals surface area contributed by atoms with Gasteiger partial charge in [-0.05, 0) is 19.3 Å². The van der Waals surface area contributed by atoms with Crippen LogP contribution in [0.4, 0.5) is 0 Å². The summed E-state index contributed by atoms with van der Waals surface area (Å²) in [6, 6.07) is 0. The summed E-state index contributed by atoms with van der Waals surface area (Å²) in [6.07, 6.45) is 6.15. The highest BCUT2D eigenvalue weighted by Crippen LogP contribution is 2.35. The number of nitrogens with zero attached hydrogens (tertiary/aromatic N) is 2. The summed E-state index contributed by atoms with van der Waals surface area (Å²) in [6.45, 7) is 2.10. The van der Waals surface area contributed by atoms with Crippen molar-refractivity contribution in [2.45, 2.75) is 56.5 Å². The molecule has 3 nitrogen and oxygen atoms in total. The second-order valence-corrected chi connectivity index (χ2v) is 8.76. The van der Waals surface area contributed by atoms with E-state index >= 15 is 0 Å². The van der Waals surface area contributed by atoms with Gasteiger partial charge in [-0.15, -0.1) is 22.7 Å². The molecule has 21 heavy (non-hydrogen) atoms. The number of thiazole rings is 2. The van der Waals surface area contributed by atoms with E-state index in [0.717, 1.165) is 22.8 Å². The van der Waals surface area contributed by atoms with Crippen molar-refractivity contribution in [3.05, 3.63) is 32.2 Å². The molecule has 0 aromatic carbocycles. The first kappa shape index (κ1) is 15.3. The highest BCUT2D eigenvalue weighted by atomic mass is 32.2. The molecule has 0 spiro atoms. The highest BCUT2D eigenvalue weighted by molar-refractivity contribution is 7.83.